The molecule has 2 aliphatic carbocycles. The fourth-order valence-electron chi connectivity index (χ4n) is 3.96. The van der Waals surface area contributed by atoms with E-state index < -0.39 is 0 Å². The molecule has 0 heterocycles. The number of fused-ring (bicyclic) bond motifs is 2. The third-order valence-electron chi connectivity index (χ3n) is 4.86. The van der Waals surface area contributed by atoms with Gasteiger partial charge in [-0.15, -0.1) is 0 Å². The van der Waals surface area contributed by atoms with E-state index in [1.165, 1.54) is 24.8 Å². The third kappa shape index (κ3) is 2.32. The molecule has 0 amide bonds. The molecule has 0 saturated heterocycles. The molecule has 18 heavy (non-hydrogen) atoms. The molecule has 2 bridgehead atoms. The summed E-state index contributed by atoms with van der Waals surface area (Å²) in [6, 6.07) is 10.6. The van der Waals surface area contributed by atoms with Gasteiger partial charge >= 0.3 is 0 Å². The smallest absolute Gasteiger partial charge is 0.0611 e. The highest BCUT2D eigenvalue weighted by molar-refractivity contribution is 5.14. The molecule has 1 aromatic rings. The maximum Gasteiger partial charge on any atom is 0.0611 e. The topological polar surface area (TPSA) is 23.5 Å². The zero-order chi connectivity index (χ0) is 12.5. The molecule has 1 aromatic carbocycles. The Morgan fingerprint density at radius 1 is 1.17 bits per heavy atom. The van der Waals surface area contributed by atoms with Gasteiger partial charge in [0.05, 0.1) is 6.10 Å². The van der Waals surface area contributed by atoms with Crippen LogP contribution in [0.4, 0.5) is 0 Å². The zero-order valence-corrected chi connectivity index (χ0v) is 11.1. The summed E-state index contributed by atoms with van der Waals surface area (Å²) in [5.41, 5.74) is 1.36. The van der Waals surface area contributed by atoms with Gasteiger partial charge < -0.3 is 10.0 Å². The van der Waals surface area contributed by atoms with E-state index >= 15 is 0 Å². The van der Waals surface area contributed by atoms with Crippen molar-refractivity contribution in [2.75, 3.05) is 13.6 Å². The number of nitrogens with zero attached hydrogens (tertiary/aromatic N) is 1. The molecule has 2 nitrogen and oxygen atoms in total. The van der Waals surface area contributed by atoms with E-state index in [0.29, 0.717) is 11.8 Å². The van der Waals surface area contributed by atoms with Gasteiger partial charge in [-0.1, -0.05) is 30.3 Å². The number of rotatable bonds is 4. The summed E-state index contributed by atoms with van der Waals surface area (Å²) in [5.74, 6) is 1.89. The molecule has 3 rings (SSSR count). The molecule has 2 fully saturated rings. The molecule has 1 N–H and O–H groups in total. The average Bonchev–Trinajstić information content (AvgIpc) is 2.94. The van der Waals surface area contributed by atoms with E-state index in [1.54, 1.807) is 0 Å². The predicted molar refractivity (Wildman–Crippen MR) is 73.1 cm³/mol. The van der Waals surface area contributed by atoms with Gasteiger partial charge in [0.25, 0.3) is 0 Å². The summed E-state index contributed by atoms with van der Waals surface area (Å²) in [4.78, 5) is 2.37. The van der Waals surface area contributed by atoms with Gasteiger partial charge in [0.1, 0.15) is 0 Å². The highest BCUT2D eigenvalue weighted by Gasteiger charge is 2.46. The van der Waals surface area contributed by atoms with Gasteiger partial charge in [-0.2, -0.15) is 0 Å². The van der Waals surface area contributed by atoms with Crippen molar-refractivity contribution in [1.82, 2.24) is 4.90 Å². The van der Waals surface area contributed by atoms with Crippen molar-refractivity contribution in [2.45, 2.75) is 31.9 Å². The minimum absolute atomic E-state index is 0.0398. The lowest BCUT2D eigenvalue weighted by Crippen LogP contribution is -2.36. The van der Waals surface area contributed by atoms with Crippen LogP contribution in [0.5, 0.6) is 0 Å². The first-order chi connectivity index (χ1) is 8.74. The molecule has 0 aromatic heterocycles. The minimum atomic E-state index is -0.0398. The number of benzene rings is 1. The minimum Gasteiger partial charge on any atom is -0.392 e. The number of hydrogen-bond acceptors (Lipinski definition) is 2. The fourth-order valence-corrected chi connectivity index (χ4v) is 3.96. The van der Waals surface area contributed by atoms with Crippen molar-refractivity contribution in [3.05, 3.63) is 35.9 Å². The monoisotopic (exact) mass is 245 g/mol. The summed E-state index contributed by atoms with van der Waals surface area (Å²) in [6.07, 6.45) is 3.82. The van der Waals surface area contributed by atoms with Gasteiger partial charge in [-0.05, 0) is 43.7 Å². The lowest BCUT2D eigenvalue weighted by Gasteiger charge is -2.31. The standard InChI is InChI=1S/C16H23NO/c1-17(10-12-5-3-2-4-6-12)11-15-13-7-8-14(9-13)16(15)18/h2-6,13-16,18H,7-11H2,1H3/t13-,14-,15+,16-/m0/s1. The van der Waals surface area contributed by atoms with Crippen molar-refractivity contribution in [3.8, 4) is 0 Å². The van der Waals surface area contributed by atoms with E-state index in [1.807, 2.05) is 0 Å². The maximum absolute atomic E-state index is 10.3. The zero-order valence-electron chi connectivity index (χ0n) is 11.1. The highest BCUT2D eigenvalue weighted by atomic mass is 16.3. The van der Waals surface area contributed by atoms with Gasteiger partial charge in [0.15, 0.2) is 0 Å². The largest absolute Gasteiger partial charge is 0.392 e. The first-order valence-electron chi connectivity index (χ1n) is 7.14. The van der Waals surface area contributed by atoms with Crippen molar-refractivity contribution < 1.29 is 5.11 Å². The highest BCUT2D eigenvalue weighted by Crippen LogP contribution is 2.48. The lowest BCUT2D eigenvalue weighted by atomic mass is 9.86. The molecule has 0 unspecified atom stereocenters. The van der Waals surface area contributed by atoms with E-state index in [4.69, 9.17) is 0 Å². The average molecular weight is 245 g/mol. The molecule has 4 atom stereocenters. The Morgan fingerprint density at radius 3 is 2.56 bits per heavy atom. The second-order valence-corrected chi connectivity index (χ2v) is 6.17. The maximum atomic E-state index is 10.3. The van der Waals surface area contributed by atoms with Crippen molar-refractivity contribution in [1.29, 1.82) is 0 Å². The number of aliphatic hydroxyl groups is 1. The second-order valence-electron chi connectivity index (χ2n) is 6.17. The van der Waals surface area contributed by atoms with Gasteiger partial charge in [-0.3, -0.25) is 0 Å². The molecule has 2 aliphatic rings. The summed E-state index contributed by atoms with van der Waals surface area (Å²) in [5, 5.41) is 10.3. The van der Waals surface area contributed by atoms with Crippen LogP contribution in [0, 0.1) is 17.8 Å². The molecule has 98 valence electrons. The quantitative estimate of drug-likeness (QED) is 0.881. The van der Waals surface area contributed by atoms with Crippen LogP contribution in [0.3, 0.4) is 0 Å². The second kappa shape index (κ2) is 5.02. The van der Waals surface area contributed by atoms with E-state index in [0.717, 1.165) is 19.0 Å². The van der Waals surface area contributed by atoms with Crippen LogP contribution < -0.4 is 0 Å². The Hall–Kier alpha value is -0.860. The van der Waals surface area contributed by atoms with Crippen LogP contribution in [0.2, 0.25) is 0 Å². The van der Waals surface area contributed by atoms with Crippen molar-refractivity contribution in [3.63, 3.8) is 0 Å². The Bertz CT molecular complexity index is 389. The molecule has 0 spiro atoms. The molecule has 2 heteroatoms. The van der Waals surface area contributed by atoms with E-state index in [2.05, 4.69) is 42.3 Å². The first-order valence-corrected chi connectivity index (χ1v) is 7.14. The predicted octanol–water partition coefficient (Wildman–Crippen LogP) is 2.53. The normalized spacial score (nSPS) is 34.4. The molecule has 2 saturated carbocycles. The summed E-state index contributed by atoms with van der Waals surface area (Å²) < 4.78 is 0. The van der Waals surface area contributed by atoms with Gasteiger partial charge in [-0.25, -0.2) is 0 Å². The molecule has 0 aliphatic heterocycles. The molecule has 0 radical (unpaired) electrons. The summed E-state index contributed by atoms with van der Waals surface area (Å²) >= 11 is 0. The van der Waals surface area contributed by atoms with Crippen LogP contribution in [0.25, 0.3) is 0 Å². The SMILES string of the molecule is CN(Cc1ccccc1)C[C@@H]1[C@H]2CC[C@@H](C2)[C@@H]1O. The van der Waals surface area contributed by atoms with Gasteiger partial charge in [0, 0.05) is 19.0 Å². The van der Waals surface area contributed by atoms with E-state index in [-0.39, 0.29) is 6.10 Å². The van der Waals surface area contributed by atoms with Gasteiger partial charge in [0.2, 0.25) is 0 Å². The van der Waals surface area contributed by atoms with E-state index in [9.17, 15) is 5.11 Å². The van der Waals surface area contributed by atoms with Crippen LogP contribution >= 0.6 is 0 Å². The van der Waals surface area contributed by atoms with Crippen LogP contribution in [0.1, 0.15) is 24.8 Å². The number of hydrogen-bond donors (Lipinski definition) is 1. The Kier molecular flexibility index (Phi) is 3.40. The molecular formula is C16H23NO. The molecular weight excluding hydrogens is 222 g/mol. The summed E-state index contributed by atoms with van der Waals surface area (Å²) in [6.45, 7) is 2.03. The first kappa shape index (κ1) is 12.2. The van der Waals surface area contributed by atoms with Crippen LogP contribution in [0.15, 0.2) is 30.3 Å². The van der Waals surface area contributed by atoms with Crippen molar-refractivity contribution >= 4 is 0 Å². The Morgan fingerprint density at radius 2 is 1.89 bits per heavy atom. The Labute approximate surface area is 110 Å². The van der Waals surface area contributed by atoms with Crippen molar-refractivity contribution in [2.24, 2.45) is 17.8 Å². The fraction of sp³-hybridized carbons (Fsp3) is 0.625. The third-order valence-corrected chi connectivity index (χ3v) is 4.86. The van der Waals surface area contributed by atoms with Crippen LogP contribution in [-0.2, 0) is 6.54 Å². The lowest BCUT2D eigenvalue weighted by molar-refractivity contribution is 0.0410. The Balaban J connectivity index is 1.57. The number of aliphatic hydroxyl groups excluding tert-OH is 1. The summed E-state index contributed by atoms with van der Waals surface area (Å²) in [7, 11) is 2.17. The van der Waals surface area contributed by atoms with Crippen LogP contribution in [-0.4, -0.2) is 29.7 Å².